The highest BCUT2D eigenvalue weighted by Crippen LogP contribution is 2.32. The van der Waals surface area contributed by atoms with Gasteiger partial charge in [0.1, 0.15) is 0 Å². The minimum atomic E-state index is -1.05. The Balaban J connectivity index is 2.19. The topological polar surface area (TPSA) is 66.4 Å². The highest BCUT2D eigenvalue weighted by Gasteiger charge is 2.30. The molecule has 1 amide bonds. The number of hydrogen-bond acceptors (Lipinski definition) is 2. The van der Waals surface area contributed by atoms with E-state index in [9.17, 15) is 9.59 Å². The molecular formula is C14H16BrNO3. The Morgan fingerprint density at radius 2 is 2.11 bits per heavy atom. The van der Waals surface area contributed by atoms with Crippen molar-refractivity contribution < 1.29 is 14.7 Å². The van der Waals surface area contributed by atoms with Crippen LogP contribution in [-0.2, 0) is 4.79 Å². The van der Waals surface area contributed by atoms with E-state index < -0.39 is 5.97 Å². The Morgan fingerprint density at radius 1 is 1.37 bits per heavy atom. The van der Waals surface area contributed by atoms with E-state index in [4.69, 9.17) is 5.11 Å². The highest BCUT2D eigenvalue weighted by molar-refractivity contribution is 9.10. The van der Waals surface area contributed by atoms with Crippen LogP contribution in [0.5, 0.6) is 0 Å². The van der Waals surface area contributed by atoms with Crippen LogP contribution < -0.4 is 5.32 Å². The lowest BCUT2D eigenvalue weighted by Crippen LogP contribution is -2.25. The number of rotatable bonds is 3. The maximum Gasteiger partial charge on any atom is 0.337 e. The van der Waals surface area contributed by atoms with Gasteiger partial charge < -0.3 is 10.4 Å². The van der Waals surface area contributed by atoms with Gasteiger partial charge in [0, 0.05) is 10.4 Å². The van der Waals surface area contributed by atoms with Gasteiger partial charge in [-0.25, -0.2) is 4.79 Å². The summed E-state index contributed by atoms with van der Waals surface area (Å²) < 4.78 is 0.678. The van der Waals surface area contributed by atoms with Gasteiger partial charge in [0.2, 0.25) is 5.91 Å². The number of carboxylic acids is 1. The molecule has 2 atom stereocenters. The fourth-order valence-electron chi connectivity index (χ4n) is 2.56. The first kappa shape index (κ1) is 14.1. The van der Waals surface area contributed by atoms with Gasteiger partial charge in [-0.1, -0.05) is 29.3 Å². The highest BCUT2D eigenvalue weighted by atomic mass is 79.9. The van der Waals surface area contributed by atoms with Crippen LogP contribution >= 0.6 is 15.9 Å². The van der Waals surface area contributed by atoms with Crippen molar-refractivity contribution in [2.24, 2.45) is 11.8 Å². The first-order valence-electron chi connectivity index (χ1n) is 6.32. The van der Waals surface area contributed by atoms with Crippen LogP contribution in [0, 0.1) is 11.8 Å². The minimum absolute atomic E-state index is 0.00899. The summed E-state index contributed by atoms with van der Waals surface area (Å²) in [5.41, 5.74) is 0.466. The van der Waals surface area contributed by atoms with E-state index in [0.717, 1.165) is 19.3 Å². The summed E-state index contributed by atoms with van der Waals surface area (Å²) in [5, 5.41) is 11.9. The van der Waals surface area contributed by atoms with Gasteiger partial charge in [0.25, 0.3) is 0 Å². The number of hydrogen-bond donors (Lipinski definition) is 2. The molecule has 1 aliphatic carbocycles. The van der Waals surface area contributed by atoms with Gasteiger partial charge in [0.15, 0.2) is 0 Å². The molecule has 1 saturated carbocycles. The molecule has 0 aromatic heterocycles. The van der Waals surface area contributed by atoms with Crippen LogP contribution in [0.15, 0.2) is 22.7 Å². The van der Waals surface area contributed by atoms with Gasteiger partial charge in [0.05, 0.1) is 11.3 Å². The minimum Gasteiger partial charge on any atom is -0.478 e. The van der Waals surface area contributed by atoms with Crippen molar-refractivity contribution >= 4 is 33.5 Å². The van der Waals surface area contributed by atoms with E-state index in [1.807, 2.05) is 0 Å². The zero-order chi connectivity index (χ0) is 14.0. The fourth-order valence-corrected chi connectivity index (χ4v) is 2.92. The second kappa shape index (κ2) is 5.74. The molecule has 1 aromatic carbocycles. The van der Waals surface area contributed by atoms with Crippen molar-refractivity contribution in [1.82, 2.24) is 0 Å². The molecule has 1 aromatic rings. The smallest absolute Gasteiger partial charge is 0.337 e. The zero-order valence-electron chi connectivity index (χ0n) is 10.6. The lowest BCUT2D eigenvalue weighted by Gasteiger charge is -2.16. The first-order valence-corrected chi connectivity index (χ1v) is 7.12. The number of amides is 1. The standard InChI is InChI=1S/C14H16BrNO3/c1-8-3-2-4-10(8)13(17)16-12-6-5-9(15)7-11(12)14(18)19/h5-8,10H,2-4H2,1H3,(H,16,17)(H,18,19). The molecule has 0 spiro atoms. The fraction of sp³-hybridized carbons (Fsp3) is 0.429. The van der Waals surface area contributed by atoms with E-state index in [1.165, 1.54) is 6.07 Å². The molecule has 0 saturated heterocycles. The van der Waals surface area contributed by atoms with Crippen molar-refractivity contribution in [2.75, 3.05) is 5.32 Å². The number of carbonyl (C=O) groups excluding carboxylic acids is 1. The van der Waals surface area contributed by atoms with Gasteiger partial charge in [-0.15, -0.1) is 0 Å². The number of aromatic carboxylic acids is 1. The summed E-state index contributed by atoms with van der Waals surface area (Å²) in [6, 6.07) is 4.83. The lowest BCUT2D eigenvalue weighted by atomic mass is 9.97. The maximum atomic E-state index is 12.2. The van der Waals surface area contributed by atoms with Gasteiger partial charge >= 0.3 is 5.97 Å². The van der Waals surface area contributed by atoms with Crippen molar-refractivity contribution in [3.63, 3.8) is 0 Å². The second-order valence-electron chi connectivity index (χ2n) is 5.00. The van der Waals surface area contributed by atoms with E-state index in [0.29, 0.717) is 16.1 Å². The van der Waals surface area contributed by atoms with E-state index >= 15 is 0 Å². The molecule has 5 heteroatoms. The van der Waals surface area contributed by atoms with Gasteiger partial charge in [-0.05, 0) is 37.0 Å². The molecule has 2 rings (SSSR count). The van der Waals surface area contributed by atoms with Crippen LogP contribution in [0.4, 0.5) is 5.69 Å². The monoisotopic (exact) mass is 325 g/mol. The first-order chi connectivity index (χ1) is 8.99. The molecule has 19 heavy (non-hydrogen) atoms. The van der Waals surface area contributed by atoms with Crippen LogP contribution in [0.1, 0.15) is 36.5 Å². The SMILES string of the molecule is CC1CCCC1C(=O)Nc1ccc(Br)cc1C(=O)O. The van der Waals surface area contributed by atoms with Crippen molar-refractivity contribution in [3.05, 3.63) is 28.2 Å². The number of benzene rings is 1. The summed E-state index contributed by atoms with van der Waals surface area (Å²) in [4.78, 5) is 23.3. The van der Waals surface area contributed by atoms with Gasteiger partial charge in [-0.2, -0.15) is 0 Å². The van der Waals surface area contributed by atoms with Crippen LogP contribution in [0.25, 0.3) is 0 Å². The average molecular weight is 326 g/mol. The summed E-state index contributed by atoms with van der Waals surface area (Å²) in [6.45, 7) is 2.07. The van der Waals surface area contributed by atoms with E-state index in [-0.39, 0.29) is 17.4 Å². The third-order valence-corrected chi connectivity index (χ3v) is 4.16. The average Bonchev–Trinajstić information content (AvgIpc) is 2.77. The molecular weight excluding hydrogens is 310 g/mol. The molecule has 4 nitrogen and oxygen atoms in total. The lowest BCUT2D eigenvalue weighted by molar-refractivity contribution is -0.120. The zero-order valence-corrected chi connectivity index (χ0v) is 12.2. The quantitative estimate of drug-likeness (QED) is 0.893. The molecule has 0 heterocycles. The number of carbonyl (C=O) groups is 2. The van der Waals surface area contributed by atoms with Crippen LogP contribution in [-0.4, -0.2) is 17.0 Å². The Labute approximate surface area is 120 Å². The number of anilines is 1. The van der Waals surface area contributed by atoms with Crippen LogP contribution in [0.2, 0.25) is 0 Å². The Kier molecular flexibility index (Phi) is 4.24. The number of nitrogens with one attached hydrogen (secondary N) is 1. The normalized spacial score (nSPS) is 22.2. The third kappa shape index (κ3) is 3.15. The molecule has 2 N–H and O–H groups in total. The van der Waals surface area contributed by atoms with Crippen LogP contribution in [0.3, 0.4) is 0 Å². The summed E-state index contributed by atoms with van der Waals surface area (Å²) in [7, 11) is 0. The Hall–Kier alpha value is -1.36. The van der Waals surface area contributed by atoms with Gasteiger partial charge in [-0.3, -0.25) is 4.79 Å². The maximum absolute atomic E-state index is 12.2. The Bertz CT molecular complexity index is 515. The predicted molar refractivity (Wildman–Crippen MR) is 76.2 cm³/mol. The summed E-state index contributed by atoms with van der Waals surface area (Å²) >= 11 is 3.23. The summed E-state index contributed by atoms with van der Waals surface area (Å²) in [6.07, 6.45) is 3.00. The second-order valence-corrected chi connectivity index (χ2v) is 5.91. The van der Waals surface area contributed by atoms with Crippen molar-refractivity contribution in [1.29, 1.82) is 0 Å². The number of carboxylic acid groups (broad SMARTS) is 1. The molecule has 1 aliphatic rings. The Morgan fingerprint density at radius 3 is 2.68 bits per heavy atom. The number of halogens is 1. The molecule has 0 bridgehead atoms. The van der Waals surface area contributed by atoms with Crippen molar-refractivity contribution in [2.45, 2.75) is 26.2 Å². The molecule has 102 valence electrons. The summed E-state index contributed by atoms with van der Waals surface area (Å²) in [5.74, 6) is -0.764. The van der Waals surface area contributed by atoms with Crippen molar-refractivity contribution in [3.8, 4) is 0 Å². The van der Waals surface area contributed by atoms with E-state index in [1.54, 1.807) is 12.1 Å². The molecule has 0 radical (unpaired) electrons. The third-order valence-electron chi connectivity index (χ3n) is 3.67. The largest absolute Gasteiger partial charge is 0.478 e. The molecule has 2 unspecified atom stereocenters. The predicted octanol–water partition coefficient (Wildman–Crippen LogP) is 3.52. The molecule has 1 fully saturated rings. The molecule has 0 aliphatic heterocycles. The van der Waals surface area contributed by atoms with E-state index in [2.05, 4.69) is 28.2 Å².